The van der Waals surface area contributed by atoms with Crippen LogP contribution in [0, 0.1) is 0 Å². The van der Waals surface area contributed by atoms with Gasteiger partial charge in [-0.25, -0.2) is 0 Å². The summed E-state index contributed by atoms with van der Waals surface area (Å²) in [4.78, 5) is 18.0. The fourth-order valence-electron chi connectivity index (χ4n) is 4.53. The summed E-state index contributed by atoms with van der Waals surface area (Å²) in [7, 11) is 3.90. The van der Waals surface area contributed by atoms with Crippen LogP contribution in [0.3, 0.4) is 0 Å². The third-order valence-corrected chi connectivity index (χ3v) is 6.27. The molecule has 0 radical (unpaired) electrons. The monoisotopic (exact) mass is 374 g/mol. The fraction of sp³-hybridized carbons (Fsp3) is 0.667. The Morgan fingerprint density at radius 2 is 1.96 bits per heavy atom. The first-order chi connectivity index (χ1) is 13.1. The number of hydrogen-bond acceptors (Lipinski definition) is 5. The second-order valence-corrected chi connectivity index (χ2v) is 7.86. The van der Waals surface area contributed by atoms with Crippen molar-refractivity contribution in [2.45, 2.75) is 44.2 Å². The van der Waals surface area contributed by atoms with E-state index in [4.69, 9.17) is 4.74 Å². The van der Waals surface area contributed by atoms with E-state index < -0.39 is 0 Å². The van der Waals surface area contributed by atoms with E-state index in [2.05, 4.69) is 34.4 Å². The van der Waals surface area contributed by atoms with Crippen LogP contribution in [0.2, 0.25) is 0 Å². The van der Waals surface area contributed by atoms with Gasteiger partial charge in [0.05, 0.1) is 13.2 Å². The smallest absolute Gasteiger partial charge is 0.241 e. The van der Waals surface area contributed by atoms with Crippen LogP contribution in [0.1, 0.15) is 32.6 Å². The van der Waals surface area contributed by atoms with E-state index in [0.29, 0.717) is 0 Å². The quantitative estimate of drug-likeness (QED) is 0.827. The molecule has 150 valence electrons. The Labute approximate surface area is 163 Å². The van der Waals surface area contributed by atoms with Crippen LogP contribution in [0.25, 0.3) is 0 Å². The van der Waals surface area contributed by atoms with Crippen LogP contribution < -0.4 is 15.4 Å². The SMILES string of the molecule is CC[C@H](C(=O)Nc1ccc(OC)cc1)N1CCCN(C)C2(CCNCC2)C1. The van der Waals surface area contributed by atoms with E-state index in [9.17, 15) is 4.79 Å². The molecule has 0 bridgehead atoms. The minimum atomic E-state index is -0.0923. The van der Waals surface area contributed by atoms with Crippen LogP contribution in [-0.2, 0) is 4.79 Å². The number of amides is 1. The lowest BCUT2D eigenvalue weighted by atomic mass is 9.86. The molecule has 1 amide bonds. The number of anilines is 1. The molecule has 1 aromatic carbocycles. The summed E-state index contributed by atoms with van der Waals surface area (Å²) in [5.41, 5.74) is 1.01. The van der Waals surface area contributed by atoms with Gasteiger partial charge in [0.25, 0.3) is 0 Å². The first kappa shape index (κ1) is 20.1. The van der Waals surface area contributed by atoms with Crippen molar-refractivity contribution in [2.75, 3.05) is 52.2 Å². The van der Waals surface area contributed by atoms with Crippen LogP contribution in [0.5, 0.6) is 5.75 Å². The third kappa shape index (κ3) is 4.62. The van der Waals surface area contributed by atoms with Crippen LogP contribution in [0.4, 0.5) is 5.69 Å². The summed E-state index contributed by atoms with van der Waals surface area (Å²) in [6.07, 6.45) is 4.23. The minimum absolute atomic E-state index is 0.0923. The Balaban J connectivity index is 1.71. The van der Waals surface area contributed by atoms with Gasteiger partial charge in [-0.05, 0) is 76.6 Å². The molecule has 1 atom stereocenters. The maximum atomic E-state index is 13.1. The first-order valence-corrected chi connectivity index (χ1v) is 10.2. The summed E-state index contributed by atoms with van der Waals surface area (Å²) < 4.78 is 5.19. The van der Waals surface area contributed by atoms with E-state index in [1.54, 1.807) is 7.11 Å². The molecule has 2 aliphatic rings. The second kappa shape index (κ2) is 9.04. The van der Waals surface area contributed by atoms with Crippen LogP contribution >= 0.6 is 0 Å². The molecule has 0 aliphatic carbocycles. The van der Waals surface area contributed by atoms with Crippen molar-refractivity contribution < 1.29 is 9.53 Å². The molecule has 2 fully saturated rings. The number of ether oxygens (including phenoxy) is 1. The van der Waals surface area contributed by atoms with Crippen molar-refractivity contribution in [1.29, 1.82) is 0 Å². The number of benzene rings is 1. The Morgan fingerprint density at radius 3 is 2.59 bits per heavy atom. The van der Waals surface area contributed by atoms with Gasteiger partial charge in [-0.1, -0.05) is 6.92 Å². The van der Waals surface area contributed by atoms with Gasteiger partial charge in [0.2, 0.25) is 5.91 Å². The van der Waals surface area contributed by atoms with Gasteiger partial charge in [0.15, 0.2) is 0 Å². The molecule has 2 aliphatic heterocycles. The Bertz CT molecular complexity index is 613. The van der Waals surface area contributed by atoms with Gasteiger partial charge in [0, 0.05) is 24.3 Å². The summed E-state index contributed by atoms with van der Waals surface area (Å²) in [6.45, 7) is 7.29. The van der Waals surface area contributed by atoms with Gasteiger partial charge in [0.1, 0.15) is 5.75 Å². The number of hydrogen-bond donors (Lipinski definition) is 2. The summed E-state index contributed by atoms with van der Waals surface area (Å²) in [6, 6.07) is 7.45. The van der Waals surface area contributed by atoms with E-state index in [-0.39, 0.29) is 17.5 Å². The minimum Gasteiger partial charge on any atom is -0.497 e. The molecule has 0 saturated carbocycles. The standard InChI is InChI=1S/C21H34N4O2/c1-4-19(20(26)23-17-6-8-18(27-3)9-7-17)25-15-5-14-24(2)21(16-25)10-12-22-13-11-21/h6-9,19,22H,4-5,10-16H2,1-3H3,(H,23,26)/t19-/m1/s1. The predicted octanol–water partition coefficient (Wildman–Crippen LogP) is 2.17. The molecule has 2 N–H and O–H groups in total. The van der Waals surface area contributed by atoms with Crippen molar-refractivity contribution in [3.63, 3.8) is 0 Å². The zero-order valence-electron chi connectivity index (χ0n) is 17.0. The van der Waals surface area contributed by atoms with E-state index >= 15 is 0 Å². The maximum Gasteiger partial charge on any atom is 0.241 e. The van der Waals surface area contributed by atoms with Gasteiger partial charge in [-0.2, -0.15) is 0 Å². The molecule has 2 saturated heterocycles. The molecule has 3 rings (SSSR count). The van der Waals surface area contributed by atoms with Gasteiger partial charge in [-0.15, -0.1) is 0 Å². The second-order valence-electron chi connectivity index (χ2n) is 7.86. The highest BCUT2D eigenvalue weighted by Gasteiger charge is 2.41. The highest BCUT2D eigenvalue weighted by molar-refractivity contribution is 5.94. The van der Waals surface area contributed by atoms with Crippen molar-refractivity contribution in [2.24, 2.45) is 0 Å². The fourth-order valence-corrected chi connectivity index (χ4v) is 4.53. The highest BCUT2D eigenvalue weighted by Crippen LogP contribution is 2.30. The molecule has 2 heterocycles. The maximum absolute atomic E-state index is 13.1. The van der Waals surface area contributed by atoms with Crippen LogP contribution in [0.15, 0.2) is 24.3 Å². The van der Waals surface area contributed by atoms with Crippen molar-refractivity contribution in [1.82, 2.24) is 15.1 Å². The number of piperidine rings is 1. The number of carbonyl (C=O) groups excluding carboxylic acids is 1. The normalized spacial score (nSPS) is 22.2. The molecule has 27 heavy (non-hydrogen) atoms. The van der Waals surface area contributed by atoms with Crippen molar-refractivity contribution in [3.05, 3.63) is 24.3 Å². The van der Waals surface area contributed by atoms with E-state index in [0.717, 1.165) is 69.8 Å². The summed E-state index contributed by atoms with van der Waals surface area (Å²) in [5.74, 6) is 0.889. The average Bonchev–Trinajstić information content (AvgIpc) is 2.83. The van der Waals surface area contributed by atoms with Gasteiger partial charge < -0.3 is 15.4 Å². The molecule has 1 spiro atoms. The number of methoxy groups -OCH3 is 1. The van der Waals surface area contributed by atoms with Crippen molar-refractivity contribution >= 4 is 11.6 Å². The first-order valence-electron chi connectivity index (χ1n) is 10.2. The molecule has 0 aromatic heterocycles. The molecule has 0 unspecified atom stereocenters. The number of nitrogens with zero attached hydrogens (tertiary/aromatic N) is 2. The largest absolute Gasteiger partial charge is 0.497 e. The Hall–Kier alpha value is -1.63. The number of nitrogens with one attached hydrogen (secondary N) is 2. The Morgan fingerprint density at radius 1 is 1.26 bits per heavy atom. The molecule has 6 heteroatoms. The van der Waals surface area contributed by atoms with Crippen molar-refractivity contribution in [3.8, 4) is 5.75 Å². The number of carbonyl (C=O) groups is 1. The highest BCUT2D eigenvalue weighted by atomic mass is 16.5. The van der Waals surface area contributed by atoms with Gasteiger partial charge in [-0.3, -0.25) is 14.6 Å². The topological polar surface area (TPSA) is 56.8 Å². The molecular weight excluding hydrogens is 340 g/mol. The third-order valence-electron chi connectivity index (χ3n) is 6.27. The summed E-state index contributed by atoms with van der Waals surface area (Å²) in [5, 5.41) is 6.59. The van der Waals surface area contributed by atoms with E-state index in [1.807, 2.05) is 24.3 Å². The number of rotatable bonds is 5. The lowest BCUT2D eigenvalue weighted by Crippen LogP contribution is -2.59. The number of likely N-dealkylation sites (N-methyl/N-ethyl adjacent to an activating group) is 1. The lowest BCUT2D eigenvalue weighted by molar-refractivity contribution is -0.122. The van der Waals surface area contributed by atoms with Gasteiger partial charge >= 0.3 is 0 Å². The zero-order chi connectivity index (χ0) is 19.3. The van der Waals surface area contributed by atoms with E-state index in [1.165, 1.54) is 0 Å². The lowest BCUT2D eigenvalue weighted by Gasteiger charge is -2.46. The molecular formula is C21H34N4O2. The predicted molar refractivity (Wildman–Crippen MR) is 109 cm³/mol. The average molecular weight is 375 g/mol. The Kier molecular flexibility index (Phi) is 6.73. The molecule has 1 aromatic rings. The summed E-state index contributed by atoms with van der Waals surface area (Å²) >= 11 is 0. The molecule has 6 nitrogen and oxygen atoms in total. The van der Waals surface area contributed by atoms with Crippen LogP contribution in [-0.4, -0.2) is 74.2 Å². The zero-order valence-corrected chi connectivity index (χ0v) is 17.0.